The summed E-state index contributed by atoms with van der Waals surface area (Å²) in [7, 11) is -2.75. The van der Waals surface area contributed by atoms with Gasteiger partial charge < -0.3 is 14.7 Å². The van der Waals surface area contributed by atoms with Crippen LogP contribution < -0.4 is 9.64 Å². The lowest BCUT2D eigenvalue weighted by molar-refractivity contribution is -0.138. The van der Waals surface area contributed by atoms with E-state index in [4.69, 9.17) is 9.84 Å². The molecule has 1 aliphatic rings. The number of pyridine rings is 1. The van der Waals surface area contributed by atoms with Crippen molar-refractivity contribution in [3.63, 3.8) is 0 Å². The number of nitrogens with zero attached hydrogens (tertiary/aromatic N) is 3. The van der Waals surface area contributed by atoms with Gasteiger partial charge in [-0.15, -0.1) is 0 Å². The van der Waals surface area contributed by atoms with E-state index >= 15 is 0 Å². The molecule has 0 aliphatic carbocycles. The van der Waals surface area contributed by atoms with Crippen LogP contribution in [-0.4, -0.2) is 61.1 Å². The Balaban J connectivity index is 1.89. The predicted molar refractivity (Wildman–Crippen MR) is 114 cm³/mol. The third-order valence-corrected chi connectivity index (χ3v) is 7.53. The SMILES string of the molecule is COc1ccc(CC(=O)O)cc1S(=O)(=O)N1C(C)CN(c2ccc(C(F)(F)F)cn2)CC1C. The number of piperazine rings is 1. The molecule has 0 spiro atoms. The molecule has 0 radical (unpaired) electrons. The van der Waals surface area contributed by atoms with E-state index in [9.17, 15) is 26.4 Å². The van der Waals surface area contributed by atoms with Crippen LogP contribution in [0.1, 0.15) is 25.0 Å². The van der Waals surface area contributed by atoms with Crippen molar-refractivity contribution in [2.24, 2.45) is 0 Å². The second kappa shape index (κ2) is 9.18. The molecule has 2 heterocycles. The Morgan fingerprint density at radius 2 is 1.82 bits per heavy atom. The van der Waals surface area contributed by atoms with Gasteiger partial charge in [-0.1, -0.05) is 6.07 Å². The summed E-state index contributed by atoms with van der Waals surface area (Å²) in [6, 6.07) is 5.33. The van der Waals surface area contributed by atoms with E-state index in [0.29, 0.717) is 11.4 Å². The van der Waals surface area contributed by atoms with Gasteiger partial charge in [0, 0.05) is 31.4 Å². The molecule has 3 rings (SSSR count). The van der Waals surface area contributed by atoms with Crippen molar-refractivity contribution in [3.05, 3.63) is 47.7 Å². The number of hydrogen-bond donors (Lipinski definition) is 1. The molecule has 0 bridgehead atoms. The summed E-state index contributed by atoms with van der Waals surface area (Å²) in [5.74, 6) is -0.682. The lowest BCUT2D eigenvalue weighted by atomic mass is 10.1. The molecule has 0 saturated carbocycles. The van der Waals surface area contributed by atoms with Crippen LogP contribution in [0.3, 0.4) is 0 Å². The summed E-state index contributed by atoms with van der Waals surface area (Å²) in [4.78, 5) is 16.6. The number of benzene rings is 1. The van der Waals surface area contributed by atoms with Gasteiger partial charge >= 0.3 is 12.1 Å². The van der Waals surface area contributed by atoms with Gasteiger partial charge in [0.05, 0.1) is 19.1 Å². The number of anilines is 1. The molecule has 8 nitrogen and oxygen atoms in total. The van der Waals surface area contributed by atoms with Crippen molar-refractivity contribution in [1.29, 1.82) is 0 Å². The summed E-state index contributed by atoms with van der Waals surface area (Å²) < 4.78 is 72.1. The number of carbonyl (C=O) groups is 1. The predicted octanol–water partition coefficient (Wildman–Crippen LogP) is 3.02. The second-order valence-corrected chi connectivity index (χ2v) is 9.71. The summed E-state index contributed by atoms with van der Waals surface area (Å²) in [6.45, 7) is 3.80. The molecule has 1 saturated heterocycles. The molecule has 1 aromatic carbocycles. The maximum absolute atomic E-state index is 13.6. The fraction of sp³-hybridized carbons (Fsp3) is 0.429. The van der Waals surface area contributed by atoms with Crippen molar-refractivity contribution in [3.8, 4) is 5.75 Å². The smallest absolute Gasteiger partial charge is 0.417 e. The summed E-state index contributed by atoms with van der Waals surface area (Å²) >= 11 is 0. The van der Waals surface area contributed by atoms with E-state index in [0.717, 1.165) is 12.3 Å². The first kappa shape index (κ1) is 24.8. The number of halogens is 3. The van der Waals surface area contributed by atoms with Crippen molar-refractivity contribution in [2.75, 3.05) is 25.1 Å². The highest BCUT2D eigenvalue weighted by atomic mass is 32.2. The second-order valence-electron chi connectivity index (χ2n) is 7.90. The van der Waals surface area contributed by atoms with Crippen molar-refractivity contribution < 1.29 is 36.2 Å². The Morgan fingerprint density at radius 1 is 1.18 bits per heavy atom. The van der Waals surface area contributed by atoms with Crippen LogP contribution in [0.25, 0.3) is 0 Å². The van der Waals surface area contributed by atoms with E-state index in [2.05, 4.69) is 4.98 Å². The Bertz CT molecular complexity index is 1110. The Labute approximate surface area is 189 Å². The number of sulfonamides is 1. The number of aliphatic carboxylic acids is 1. The number of carboxylic acids is 1. The van der Waals surface area contributed by atoms with E-state index in [1.165, 1.54) is 35.7 Å². The van der Waals surface area contributed by atoms with Crippen LogP contribution in [-0.2, 0) is 27.4 Å². The first-order valence-electron chi connectivity index (χ1n) is 10.0. The number of rotatable bonds is 6. The zero-order chi connectivity index (χ0) is 24.6. The monoisotopic (exact) mass is 487 g/mol. The minimum atomic E-state index is -4.49. The maximum Gasteiger partial charge on any atom is 0.417 e. The largest absolute Gasteiger partial charge is 0.495 e. The Morgan fingerprint density at radius 3 is 2.30 bits per heavy atom. The van der Waals surface area contributed by atoms with E-state index < -0.39 is 39.8 Å². The van der Waals surface area contributed by atoms with Crippen molar-refractivity contribution >= 4 is 21.8 Å². The fourth-order valence-electron chi connectivity index (χ4n) is 4.03. The Hall–Kier alpha value is -2.86. The van der Waals surface area contributed by atoms with Gasteiger partial charge in [-0.2, -0.15) is 17.5 Å². The van der Waals surface area contributed by atoms with Gasteiger partial charge in [-0.05, 0) is 43.7 Å². The molecule has 1 fully saturated rings. The highest BCUT2D eigenvalue weighted by Gasteiger charge is 2.40. The van der Waals surface area contributed by atoms with Gasteiger partial charge in [0.1, 0.15) is 16.5 Å². The minimum absolute atomic E-state index is 0.0929. The number of methoxy groups -OCH3 is 1. The van der Waals surface area contributed by atoms with Crippen LogP contribution in [0.5, 0.6) is 5.75 Å². The van der Waals surface area contributed by atoms with Gasteiger partial charge in [0.2, 0.25) is 10.0 Å². The zero-order valence-corrected chi connectivity index (χ0v) is 19.0. The highest BCUT2D eigenvalue weighted by molar-refractivity contribution is 7.89. The van der Waals surface area contributed by atoms with Crippen molar-refractivity contribution in [1.82, 2.24) is 9.29 Å². The topological polar surface area (TPSA) is 100 Å². The summed E-state index contributed by atoms with van der Waals surface area (Å²) in [6.07, 6.45) is -4.08. The fourth-order valence-corrected chi connectivity index (χ4v) is 6.04. The summed E-state index contributed by atoms with van der Waals surface area (Å²) in [5, 5.41) is 9.05. The molecular formula is C21H24F3N3O5S. The Kier molecular flexibility index (Phi) is 6.89. The number of ether oxygens (including phenoxy) is 1. The normalized spacial score (nSPS) is 20.0. The quantitative estimate of drug-likeness (QED) is 0.669. The first-order valence-corrected chi connectivity index (χ1v) is 11.5. The van der Waals surface area contributed by atoms with Gasteiger partial charge in [0.15, 0.2) is 0 Å². The zero-order valence-electron chi connectivity index (χ0n) is 18.2. The molecule has 1 aromatic heterocycles. The molecule has 33 heavy (non-hydrogen) atoms. The third kappa shape index (κ3) is 5.22. The maximum atomic E-state index is 13.6. The first-order chi connectivity index (χ1) is 15.3. The van der Waals surface area contributed by atoms with Crippen LogP contribution in [0.4, 0.5) is 19.0 Å². The molecule has 12 heteroatoms. The van der Waals surface area contributed by atoms with Gasteiger partial charge in [0.25, 0.3) is 0 Å². The number of hydrogen-bond acceptors (Lipinski definition) is 6. The van der Waals surface area contributed by atoms with E-state index in [-0.39, 0.29) is 30.2 Å². The molecule has 2 atom stereocenters. The number of aromatic nitrogens is 1. The lowest BCUT2D eigenvalue weighted by Gasteiger charge is -2.44. The average molecular weight is 488 g/mol. The average Bonchev–Trinajstić information content (AvgIpc) is 2.72. The lowest BCUT2D eigenvalue weighted by Crippen LogP contribution is -2.58. The molecule has 2 aromatic rings. The molecule has 2 unspecified atom stereocenters. The van der Waals surface area contributed by atoms with Gasteiger partial charge in [-0.3, -0.25) is 4.79 Å². The number of carboxylic acid groups (broad SMARTS) is 1. The van der Waals surface area contributed by atoms with Crippen molar-refractivity contribution in [2.45, 2.75) is 43.4 Å². The van der Waals surface area contributed by atoms with Gasteiger partial charge in [-0.25, -0.2) is 13.4 Å². The van der Waals surface area contributed by atoms with E-state index in [1.807, 2.05) is 0 Å². The minimum Gasteiger partial charge on any atom is -0.495 e. The highest BCUT2D eigenvalue weighted by Crippen LogP contribution is 2.34. The molecule has 1 aliphatic heterocycles. The van der Waals surface area contributed by atoms with Crippen LogP contribution in [0.15, 0.2) is 41.4 Å². The molecule has 0 amide bonds. The van der Waals surface area contributed by atoms with E-state index in [1.54, 1.807) is 18.7 Å². The van der Waals surface area contributed by atoms with Crippen LogP contribution >= 0.6 is 0 Å². The van der Waals surface area contributed by atoms with Crippen LogP contribution in [0.2, 0.25) is 0 Å². The molecular weight excluding hydrogens is 463 g/mol. The summed E-state index contributed by atoms with van der Waals surface area (Å²) in [5.41, 5.74) is -0.545. The molecule has 180 valence electrons. The molecule has 1 N–H and O–H groups in total. The third-order valence-electron chi connectivity index (χ3n) is 5.38. The standard InChI is InChI=1S/C21H24F3N3O5S/c1-13-11-26(19-7-5-16(10-25-19)21(22,23)24)12-14(2)27(13)33(30,31)18-8-15(9-20(28)29)4-6-17(18)32-3/h4-8,10,13-14H,9,11-12H2,1-3H3,(H,28,29). The number of alkyl halides is 3. The van der Waals surface area contributed by atoms with Crippen LogP contribution in [0, 0.1) is 0 Å².